The van der Waals surface area contributed by atoms with Crippen LogP contribution in [0.3, 0.4) is 0 Å². The third-order valence-electron chi connectivity index (χ3n) is 6.99. The van der Waals surface area contributed by atoms with Crippen LogP contribution in [0.5, 0.6) is 5.75 Å². The summed E-state index contributed by atoms with van der Waals surface area (Å²) in [7, 11) is 1.06. The van der Waals surface area contributed by atoms with Crippen molar-refractivity contribution in [2.24, 2.45) is 5.92 Å². The second kappa shape index (κ2) is 9.52. The van der Waals surface area contributed by atoms with Gasteiger partial charge >= 0.3 is 6.18 Å². The van der Waals surface area contributed by atoms with Gasteiger partial charge in [-0.2, -0.15) is 18.3 Å². The standard InChI is InChI=1S/C24H21F7N6O3/c1-40-19-12(21(38)35-16-8-36(7-15(16)26)22(39)11-5-23(27,28)6-11)2-10(3-14(19)25)17-4-13(24(29,30)31)18-20(32)33-9-34-37(17)18/h2-4,9,11,15-16H,5-8H2,1H3,(H,35,38)(H2,32,33,34)/t15-,16+/m0/s1. The smallest absolute Gasteiger partial charge is 0.418 e. The lowest BCUT2D eigenvalue weighted by atomic mass is 9.80. The monoisotopic (exact) mass is 574 g/mol. The summed E-state index contributed by atoms with van der Waals surface area (Å²) in [5, 5.41) is 6.13. The summed E-state index contributed by atoms with van der Waals surface area (Å²) >= 11 is 0. The fourth-order valence-corrected chi connectivity index (χ4v) is 5.03. The normalized spacial score (nSPS) is 20.9. The molecule has 1 aliphatic heterocycles. The maximum absolute atomic E-state index is 15.1. The van der Waals surface area contributed by atoms with Gasteiger partial charge in [0.15, 0.2) is 17.4 Å². The Labute approximate surface area is 221 Å². The van der Waals surface area contributed by atoms with E-state index in [0.29, 0.717) is 6.07 Å². The first-order valence-corrected chi connectivity index (χ1v) is 11.9. The van der Waals surface area contributed by atoms with Crippen molar-refractivity contribution in [3.05, 3.63) is 41.5 Å². The van der Waals surface area contributed by atoms with Crippen LogP contribution in [0, 0.1) is 11.7 Å². The third kappa shape index (κ3) is 4.75. The van der Waals surface area contributed by atoms with Crippen molar-refractivity contribution in [3.63, 3.8) is 0 Å². The minimum Gasteiger partial charge on any atom is -0.493 e. The number of carbonyl (C=O) groups is 2. The minimum atomic E-state index is -4.87. The molecule has 1 aliphatic carbocycles. The number of nitrogens with zero attached hydrogens (tertiary/aromatic N) is 4. The van der Waals surface area contributed by atoms with Gasteiger partial charge in [0, 0.05) is 30.9 Å². The van der Waals surface area contributed by atoms with E-state index >= 15 is 4.39 Å². The Morgan fingerprint density at radius 2 is 1.88 bits per heavy atom. The van der Waals surface area contributed by atoms with E-state index in [1.807, 2.05) is 0 Å². The number of benzene rings is 1. The number of aromatic nitrogens is 3. The molecule has 2 fully saturated rings. The summed E-state index contributed by atoms with van der Waals surface area (Å²) < 4.78 is 103. The summed E-state index contributed by atoms with van der Waals surface area (Å²) in [5.74, 6) is -7.75. The molecule has 9 nitrogen and oxygen atoms in total. The van der Waals surface area contributed by atoms with Crippen molar-refractivity contribution in [1.29, 1.82) is 0 Å². The molecule has 1 saturated carbocycles. The molecule has 214 valence electrons. The number of hydrogen-bond donors (Lipinski definition) is 2. The van der Waals surface area contributed by atoms with E-state index in [2.05, 4.69) is 15.4 Å². The Morgan fingerprint density at radius 1 is 1.18 bits per heavy atom. The van der Waals surface area contributed by atoms with Gasteiger partial charge in [-0.1, -0.05) is 0 Å². The lowest BCUT2D eigenvalue weighted by molar-refractivity contribution is -0.159. The number of likely N-dealkylation sites (tertiary alicyclic amines) is 1. The number of anilines is 1. The summed E-state index contributed by atoms with van der Waals surface area (Å²) in [6.07, 6.45) is -7.00. The molecule has 3 heterocycles. The van der Waals surface area contributed by atoms with Crippen LogP contribution in [-0.2, 0) is 11.0 Å². The van der Waals surface area contributed by atoms with Gasteiger partial charge in [0.05, 0.1) is 36.5 Å². The predicted octanol–water partition coefficient (Wildman–Crippen LogP) is 3.47. The van der Waals surface area contributed by atoms with Gasteiger partial charge in [0.25, 0.3) is 5.91 Å². The summed E-state index contributed by atoms with van der Waals surface area (Å²) in [5.41, 5.74) is 2.92. The molecule has 1 saturated heterocycles. The van der Waals surface area contributed by atoms with Crippen LogP contribution < -0.4 is 15.8 Å². The quantitative estimate of drug-likeness (QED) is 0.452. The SMILES string of the molecule is COc1c(F)cc(-c2cc(C(F)(F)F)c3c(N)ncnn23)cc1C(=O)N[C@@H]1CN(C(=O)C2CC(F)(F)C2)C[C@@H]1F. The van der Waals surface area contributed by atoms with E-state index in [0.717, 1.165) is 35.0 Å². The van der Waals surface area contributed by atoms with Crippen molar-refractivity contribution >= 4 is 23.1 Å². The molecule has 5 rings (SSSR count). The Kier molecular flexibility index (Phi) is 6.53. The number of methoxy groups -OCH3 is 1. The van der Waals surface area contributed by atoms with Gasteiger partial charge in [-0.25, -0.2) is 27.1 Å². The second-order valence-corrected chi connectivity index (χ2v) is 9.69. The van der Waals surface area contributed by atoms with Gasteiger partial charge in [-0.05, 0) is 18.2 Å². The van der Waals surface area contributed by atoms with Crippen molar-refractivity contribution in [1.82, 2.24) is 24.8 Å². The summed E-state index contributed by atoms with van der Waals surface area (Å²) in [6, 6.07) is 1.29. The Morgan fingerprint density at radius 3 is 2.50 bits per heavy atom. The molecule has 0 radical (unpaired) electrons. The lowest BCUT2D eigenvalue weighted by Crippen LogP contribution is -2.47. The Hall–Kier alpha value is -4.11. The predicted molar refractivity (Wildman–Crippen MR) is 125 cm³/mol. The Bertz CT molecular complexity index is 1500. The molecule has 2 atom stereocenters. The van der Waals surface area contributed by atoms with E-state index in [4.69, 9.17) is 10.5 Å². The van der Waals surface area contributed by atoms with Crippen molar-refractivity contribution in [3.8, 4) is 17.0 Å². The van der Waals surface area contributed by atoms with Crippen LogP contribution in [0.2, 0.25) is 0 Å². The van der Waals surface area contributed by atoms with Gasteiger partial charge in [-0.15, -0.1) is 0 Å². The van der Waals surface area contributed by atoms with Crippen molar-refractivity contribution in [2.75, 3.05) is 25.9 Å². The highest BCUT2D eigenvalue weighted by atomic mass is 19.4. The van der Waals surface area contributed by atoms with Crippen LogP contribution in [0.1, 0.15) is 28.8 Å². The van der Waals surface area contributed by atoms with E-state index in [1.165, 1.54) is 0 Å². The number of nitrogen functional groups attached to an aromatic ring is 1. The third-order valence-corrected chi connectivity index (χ3v) is 6.99. The fraction of sp³-hybridized carbons (Fsp3) is 0.417. The number of rotatable bonds is 5. The molecular formula is C24H21F7N6O3. The zero-order valence-corrected chi connectivity index (χ0v) is 20.6. The highest BCUT2D eigenvalue weighted by molar-refractivity contribution is 5.99. The number of ether oxygens (including phenoxy) is 1. The number of fused-ring (bicyclic) bond motifs is 1. The van der Waals surface area contributed by atoms with Crippen molar-refractivity contribution in [2.45, 2.75) is 37.2 Å². The van der Waals surface area contributed by atoms with E-state index in [9.17, 15) is 35.9 Å². The fourth-order valence-electron chi connectivity index (χ4n) is 5.03. The molecule has 0 spiro atoms. The van der Waals surface area contributed by atoms with Crippen LogP contribution in [0.25, 0.3) is 16.8 Å². The number of nitrogens with two attached hydrogens (primary N) is 1. The van der Waals surface area contributed by atoms with E-state index < -0.39 is 95.5 Å². The molecule has 3 aromatic rings. The number of nitrogens with one attached hydrogen (secondary N) is 1. The van der Waals surface area contributed by atoms with Crippen molar-refractivity contribution < 1.29 is 45.1 Å². The van der Waals surface area contributed by atoms with Crippen LogP contribution in [0.4, 0.5) is 36.6 Å². The molecule has 16 heteroatoms. The number of alkyl halides is 6. The van der Waals surface area contributed by atoms with Crippen LogP contribution in [0.15, 0.2) is 24.5 Å². The highest BCUT2D eigenvalue weighted by Gasteiger charge is 2.51. The summed E-state index contributed by atoms with van der Waals surface area (Å²) in [4.78, 5) is 30.2. The number of carbonyl (C=O) groups excluding carboxylic acids is 2. The zero-order chi connectivity index (χ0) is 29.1. The molecule has 2 aromatic heterocycles. The van der Waals surface area contributed by atoms with Crippen LogP contribution >= 0.6 is 0 Å². The molecule has 2 amide bonds. The first-order valence-electron chi connectivity index (χ1n) is 11.9. The number of amides is 2. The molecule has 0 bridgehead atoms. The maximum atomic E-state index is 15.1. The molecule has 3 N–H and O–H groups in total. The Balaban J connectivity index is 1.45. The van der Waals surface area contributed by atoms with Gasteiger partial charge < -0.3 is 20.7 Å². The van der Waals surface area contributed by atoms with Gasteiger partial charge in [0.1, 0.15) is 18.0 Å². The molecule has 40 heavy (non-hydrogen) atoms. The average Bonchev–Trinajstić information content (AvgIpc) is 3.43. The average molecular weight is 574 g/mol. The number of hydrogen-bond acceptors (Lipinski definition) is 6. The molecular weight excluding hydrogens is 553 g/mol. The minimum absolute atomic E-state index is 0.210. The molecule has 1 aromatic carbocycles. The second-order valence-electron chi connectivity index (χ2n) is 9.69. The van der Waals surface area contributed by atoms with E-state index in [-0.39, 0.29) is 17.8 Å². The number of halogens is 7. The first-order chi connectivity index (χ1) is 18.7. The zero-order valence-electron chi connectivity index (χ0n) is 20.6. The summed E-state index contributed by atoms with van der Waals surface area (Å²) in [6.45, 7) is -0.748. The van der Waals surface area contributed by atoms with Crippen LogP contribution in [-0.4, -0.2) is 69.6 Å². The lowest BCUT2D eigenvalue weighted by Gasteiger charge is -2.36. The van der Waals surface area contributed by atoms with Gasteiger partial charge in [-0.3, -0.25) is 9.59 Å². The molecule has 0 unspecified atom stereocenters. The molecule has 2 aliphatic rings. The first kappa shape index (κ1) is 27.5. The maximum Gasteiger partial charge on any atom is 0.418 e. The largest absolute Gasteiger partial charge is 0.493 e. The topological polar surface area (TPSA) is 115 Å². The highest BCUT2D eigenvalue weighted by Crippen LogP contribution is 2.44. The van der Waals surface area contributed by atoms with Gasteiger partial charge in [0.2, 0.25) is 11.8 Å². The van der Waals surface area contributed by atoms with E-state index in [1.54, 1.807) is 0 Å².